The van der Waals surface area contributed by atoms with Gasteiger partial charge in [-0.1, -0.05) is 11.8 Å². The minimum absolute atomic E-state index is 0.00724. The van der Waals surface area contributed by atoms with Gasteiger partial charge in [0.2, 0.25) is 0 Å². The average Bonchev–Trinajstić information content (AvgIpc) is 3.12. The molecule has 2 aromatic rings. The number of aromatic nitrogens is 1. The van der Waals surface area contributed by atoms with Crippen LogP contribution in [0.5, 0.6) is 0 Å². The molecule has 0 spiro atoms. The van der Waals surface area contributed by atoms with E-state index < -0.39 is 0 Å². The van der Waals surface area contributed by atoms with Gasteiger partial charge >= 0.3 is 0 Å². The number of benzene rings is 1. The number of fused-ring (bicyclic) bond motifs is 3. The van der Waals surface area contributed by atoms with Crippen molar-refractivity contribution in [3.8, 4) is 0 Å². The molecule has 5 nitrogen and oxygen atoms in total. The second-order valence-corrected chi connectivity index (χ2v) is 8.83. The summed E-state index contributed by atoms with van der Waals surface area (Å²) in [6.45, 7) is 4.87. The molecule has 2 bridgehead atoms. The van der Waals surface area contributed by atoms with Gasteiger partial charge in [0.25, 0.3) is 5.91 Å². The van der Waals surface area contributed by atoms with Gasteiger partial charge in [0.05, 0.1) is 4.88 Å². The quantitative estimate of drug-likeness (QED) is 0.798. The van der Waals surface area contributed by atoms with Crippen LogP contribution < -0.4 is 5.32 Å². The third kappa shape index (κ3) is 3.84. The van der Waals surface area contributed by atoms with Gasteiger partial charge in [-0.25, -0.2) is 0 Å². The molecule has 1 unspecified atom stereocenters. The Morgan fingerprint density at radius 3 is 2.54 bits per heavy atom. The summed E-state index contributed by atoms with van der Waals surface area (Å²) in [6, 6.07) is 9.67. The first kappa shape index (κ1) is 17.7. The van der Waals surface area contributed by atoms with E-state index in [1.54, 1.807) is 6.92 Å². The van der Waals surface area contributed by atoms with Crippen LogP contribution in [-0.4, -0.2) is 46.6 Å². The van der Waals surface area contributed by atoms with E-state index in [9.17, 15) is 9.59 Å². The van der Waals surface area contributed by atoms with Gasteiger partial charge in [0, 0.05) is 30.0 Å². The van der Waals surface area contributed by atoms with Gasteiger partial charge in [-0.3, -0.25) is 9.59 Å². The summed E-state index contributed by atoms with van der Waals surface area (Å²) in [5, 5.41) is 4.03. The van der Waals surface area contributed by atoms with Crippen molar-refractivity contribution in [1.82, 2.24) is 14.6 Å². The summed E-state index contributed by atoms with van der Waals surface area (Å²) in [5.74, 6) is 0.667. The summed E-state index contributed by atoms with van der Waals surface area (Å²) in [5.41, 5.74) is 0.688. The standard InChI is InChI=1S/C19H21N3O2S2/c1-12(23)17-10-18(21-26-17)25-15-4-2-14(3-5-15)19(24)20-16-11-22-8-6-13(16)7-9-22/h2-5,10,13,16H,6-9,11H2,1H3,(H,20,24). The minimum Gasteiger partial charge on any atom is -0.348 e. The van der Waals surface area contributed by atoms with E-state index in [1.165, 1.54) is 49.2 Å². The molecule has 3 aliphatic heterocycles. The largest absolute Gasteiger partial charge is 0.348 e. The zero-order valence-electron chi connectivity index (χ0n) is 14.6. The van der Waals surface area contributed by atoms with E-state index in [2.05, 4.69) is 14.6 Å². The summed E-state index contributed by atoms with van der Waals surface area (Å²) in [4.78, 5) is 28.0. The number of hydrogen-bond donors (Lipinski definition) is 1. The number of ketones is 1. The molecule has 5 rings (SSSR count). The monoisotopic (exact) mass is 387 g/mol. The number of nitrogens with zero attached hydrogens (tertiary/aromatic N) is 2. The van der Waals surface area contributed by atoms with Crippen LogP contribution in [0.25, 0.3) is 0 Å². The fourth-order valence-electron chi connectivity index (χ4n) is 3.65. The molecule has 26 heavy (non-hydrogen) atoms. The molecule has 0 saturated carbocycles. The molecule has 4 heterocycles. The number of carbonyl (C=O) groups excluding carboxylic acids is 2. The third-order valence-electron chi connectivity index (χ3n) is 5.15. The smallest absolute Gasteiger partial charge is 0.251 e. The van der Waals surface area contributed by atoms with Gasteiger partial charge < -0.3 is 10.2 Å². The highest BCUT2D eigenvalue weighted by atomic mass is 32.2. The number of rotatable bonds is 5. The fraction of sp³-hybridized carbons (Fsp3) is 0.421. The third-order valence-corrected chi connectivity index (χ3v) is 7.08. The first-order chi connectivity index (χ1) is 12.6. The molecule has 1 atom stereocenters. The van der Waals surface area contributed by atoms with Crippen LogP contribution in [0.3, 0.4) is 0 Å². The van der Waals surface area contributed by atoms with Crippen molar-refractivity contribution in [2.45, 2.75) is 35.7 Å². The van der Waals surface area contributed by atoms with E-state index in [-0.39, 0.29) is 17.7 Å². The van der Waals surface area contributed by atoms with Gasteiger partial charge in [-0.05, 0) is 73.7 Å². The molecule has 1 amide bonds. The van der Waals surface area contributed by atoms with E-state index >= 15 is 0 Å². The van der Waals surface area contributed by atoms with Gasteiger partial charge in [0.15, 0.2) is 5.78 Å². The number of hydrogen-bond acceptors (Lipinski definition) is 6. The molecule has 3 fully saturated rings. The van der Waals surface area contributed by atoms with Crippen molar-refractivity contribution in [2.24, 2.45) is 5.92 Å². The SMILES string of the molecule is CC(=O)c1cc(Sc2ccc(C(=O)NC3CN4CCC3CC4)cc2)ns1. The van der Waals surface area contributed by atoms with E-state index in [4.69, 9.17) is 0 Å². The summed E-state index contributed by atoms with van der Waals surface area (Å²) >= 11 is 2.72. The van der Waals surface area contributed by atoms with Crippen molar-refractivity contribution >= 4 is 35.0 Å². The second-order valence-electron chi connectivity index (χ2n) is 6.93. The Morgan fingerprint density at radius 2 is 1.96 bits per heavy atom. The molecule has 0 radical (unpaired) electrons. The maximum Gasteiger partial charge on any atom is 0.251 e. The van der Waals surface area contributed by atoms with E-state index in [0.29, 0.717) is 16.4 Å². The maximum absolute atomic E-state index is 12.6. The second kappa shape index (κ2) is 7.50. The predicted octanol–water partition coefficient (Wildman–Crippen LogP) is 3.32. The first-order valence-corrected chi connectivity index (χ1v) is 10.5. The number of carbonyl (C=O) groups is 2. The lowest BCUT2D eigenvalue weighted by molar-refractivity contribution is 0.0620. The molecule has 1 aromatic carbocycles. The maximum atomic E-state index is 12.6. The molecular weight excluding hydrogens is 366 g/mol. The molecule has 7 heteroatoms. The number of amides is 1. The van der Waals surface area contributed by atoms with Crippen LogP contribution in [0.15, 0.2) is 40.3 Å². The Kier molecular flexibility index (Phi) is 5.11. The number of Topliss-reactive ketones (excluding diaryl/α,β-unsaturated/α-hetero) is 1. The summed E-state index contributed by atoms with van der Waals surface area (Å²) < 4.78 is 4.29. The normalized spacial score (nSPS) is 24.4. The van der Waals surface area contributed by atoms with Crippen LogP contribution in [0.2, 0.25) is 0 Å². The number of piperidine rings is 3. The van der Waals surface area contributed by atoms with Crippen molar-refractivity contribution in [1.29, 1.82) is 0 Å². The Morgan fingerprint density at radius 1 is 1.23 bits per heavy atom. The zero-order valence-corrected chi connectivity index (χ0v) is 16.2. The van der Waals surface area contributed by atoms with Crippen molar-refractivity contribution in [3.63, 3.8) is 0 Å². The van der Waals surface area contributed by atoms with Crippen LogP contribution in [0.1, 0.15) is 39.8 Å². The van der Waals surface area contributed by atoms with Crippen molar-refractivity contribution in [2.75, 3.05) is 19.6 Å². The molecule has 0 aliphatic carbocycles. The lowest BCUT2D eigenvalue weighted by atomic mass is 9.84. The van der Waals surface area contributed by atoms with Crippen LogP contribution in [0.4, 0.5) is 0 Å². The lowest BCUT2D eigenvalue weighted by Crippen LogP contribution is -2.57. The number of nitrogens with one attached hydrogen (secondary N) is 1. The molecule has 3 saturated heterocycles. The molecule has 3 aliphatic rings. The minimum atomic E-state index is 0.00724. The predicted molar refractivity (Wildman–Crippen MR) is 103 cm³/mol. The Hall–Kier alpha value is -1.70. The summed E-state index contributed by atoms with van der Waals surface area (Å²) in [7, 11) is 0. The van der Waals surface area contributed by atoms with Gasteiger partial charge in [0.1, 0.15) is 5.03 Å². The lowest BCUT2D eigenvalue weighted by Gasteiger charge is -2.44. The first-order valence-electron chi connectivity index (χ1n) is 8.87. The highest BCUT2D eigenvalue weighted by Crippen LogP contribution is 2.30. The molecule has 1 aromatic heterocycles. The Balaban J connectivity index is 1.37. The Bertz CT molecular complexity index is 810. The zero-order chi connectivity index (χ0) is 18.1. The van der Waals surface area contributed by atoms with Crippen molar-refractivity contribution in [3.05, 3.63) is 40.8 Å². The van der Waals surface area contributed by atoms with Crippen LogP contribution in [-0.2, 0) is 0 Å². The van der Waals surface area contributed by atoms with Gasteiger partial charge in [-0.2, -0.15) is 4.37 Å². The van der Waals surface area contributed by atoms with E-state index in [1.807, 2.05) is 30.3 Å². The Labute approximate surface area is 161 Å². The topological polar surface area (TPSA) is 62.3 Å². The average molecular weight is 388 g/mol. The fourth-order valence-corrected chi connectivity index (χ4v) is 5.21. The molecular formula is C19H21N3O2S2. The molecule has 1 N–H and O–H groups in total. The van der Waals surface area contributed by atoms with Crippen LogP contribution >= 0.6 is 23.3 Å². The highest BCUT2D eigenvalue weighted by Gasteiger charge is 2.34. The van der Waals surface area contributed by atoms with Gasteiger partial charge in [-0.15, -0.1) is 0 Å². The highest BCUT2D eigenvalue weighted by molar-refractivity contribution is 7.99. The van der Waals surface area contributed by atoms with Crippen LogP contribution in [0, 0.1) is 5.92 Å². The summed E-state index contributed by atoms with van der Waals surface area (Å²) in [6.07, 6.45) is 2.38. The molecule has 136 valence electrons. The van der Waals surface area contributed by atoms with E-state index in [0.717, 1.165) is 16.5 Å². The van der Waals surface area contributed by atoms with Crippen molar-refractivity contribution < 1.29 is 9.59 Å².